The summed E-state index contributed by atoms with van der Waals surface area (Å²) in [4.78, 5) is 29.0. The number of hydrogen-bond acceptors (Lipinski definition) is 6. The number of methoxy groups -OCH3 is 1. The third-order valence-electron chi connectivity index (χ3n) is 7.01. The summed E-state index contributed by atoms with van der Waals surface area (Å²) < 4.78 is 16.9. The van der Waals surface area contributed by atoms with Crippen LogP contribution >= 0.6 is 22.6 Å². The predicted molar refractivity (Wildman–Crippen MR) is 146 cm³/mol. The van der Waals surface area contributed by atoms with Crippen LogP contribution in [0.4, 0.5) is 0 Å². The average molecular weight is 610 g/mol. The van der Waals surface area contributed by atoms with Crippen molar-refractivity contribution in [2.24, 2.45) is 0 Å². The van der Waals surface area contributed by atoms with Crippen LogP contribution in [0.25, 0.3) is 0 Å². The van der Waals surface area contributed by atoms with Crippen molar-refractivity contribution in [1.29, 1.82) is 0 Å². The van der Waals surface area contributed by atoms with Crippen molar-refractivity contribution < 1.29 is 28.9 Å². The number of carbonyl (C=O) groups is 2. The van der Waals surface area contributed by atoms with Crippen LogP contribution in [0, 0.1) is 0 Å². The molecule has 0 radical (unpaired) electrons. The van der Waals surface area contributed by atoms with Gasteiger partial charge in [0.25, 0.3) is 0 Å². The van der Waals surface area contributed by atoms with Crippen molar-refractivity contribution in [3.8, 4) is 11.5 Å². The van der Waals surface area contributed by atoms with Crippen molar-refractivity contribution in [1.82, 2.24) is 10.2 Å². The zero-order valence-corrected chi connectivity index (χ0v) is 23.2. The second kappa shape index (κ2) is 12.7. The van der Waals surface area contributed by atoms with Crippen molar-refractivity contribution in [2.45, 2.75) is 36.8 Å². The molecule has 2 aliphatic rings. The number of amides is 1. The van der Waals surface area contributed by atoms with Crippen LogP contribution < -0.4 is 14.8 Å². The lowest BCUT2D eigenvalue weighted by Crippen LogP contribution is -2.62. The summed E-state index contributed by atoms with van der Waals surface area (Å²) in [6, 6.07) is 14.3. The van der Waals surface area contributed by atoms with E-state index in [0.717, 1.165) is 18.4 Å². The van der Waals surface area contributed by atoms with Gasteiger partial charge >= 0.3 is 5.97 Å². The maximum Gasteiger partial charge on any atom is 0.335 e. The first-order chi connectivity index (χ1) is 17.4. The number of carboxylic acids is 1. The molecule has 0 spiro atoms. The molecule has 4 rings (SSSR count). The fourth-order valence-corrected chi connectivity index (χ4v) is 4.61. The normalized spacial score (nSPS) is 17.4. The van der Waals surface area contributed by atoms with E-state index in [1.54, 1.807) is 31.4 Å². The summed E-state index contributed by atoms with van der Waals surface area (Å²) in [5.41, 5.74) is 0.0458. The standard InChI is InChI=1S/C26H32N2O6.CH3I/c1-28(15-18-34-22-6-4-3-5-21(22)32-2)26(13-16-33-17-14-26)24(31)27-25(11-12-25)20-9-7-19(8-10-20)23(29)30;1-2/h3-10H,11-18H2,1-2H3,(H,27,31)(H,29,30);1H3. The lowest BCUT2D eigenvalue weighted by atomic mass is 9.86. The molecule has 1 aliphatic heterocycles. The molecular formula is C27H35IN2O6. The fraction of sp³-hybridized carbons (Fsp3) is 0.481. The van der Waals surface area contributed by atoms with Gasteiger partial charge < -0.3 is 24.6 Å². The van der Waals surface area contributed by atoms with E-state index >= 15 is 0 Å². The van der Waals surface area contributed by atoms with E-state index in [0.29, 0.717) is 50.7 Å². The lowest BCUT2D eigenvalue weighted by Gasteiger charge is -2.43. The van der Waals surface area contributed by atoms with Gasteiger partial charge in [-0.1, -0.05) is 46.9 Å². The van der Waals surface area contributed by atoms with Crippen molar-refractivity contribution in [2.75, 3.05) is 45.5 Å². The quantitative estimate of drug-likeness (QED) is 0.309. The maximum absolute atomic E-state index is 13.7. The topological polar surface area (TPSA) is 97.3 Å². The molecule has 1 saturated heterocycles. The molecule has 1 amide bonds. The summed E-state index contributed by atoms with van der Waals surface area (Å²) in [6.07, 6.45) is 2.85. The van der Waals surface area contributed by atoms with Crippen LogP contribution in [-0.4, -0.2) is 72.9 Å². The van der Waals surface area contributed by atoms with E-state index in [1.165, 1.54) is 0 Å². The van der Waals surface area contributed by atoms with Gasteiger partial charge in [0.15, 0.2) is 11.5 Å². The van der Waals surface area contributed by atoms with E-state index in [4.69, 9.17) is 14.2 Å². The third kappa shape index (κ3) is 6.30. The van der Waals surface area contributed by atoms with Gasteiger partial charge in [0.2, 0.25) is 5.91 Å². The van der Waals surface area contributed by atoms with E-state index in [9.17, 15) is 14.7 Å². The molecule has 2 fully saturated rings. The molecule has 0 atom stereocenters. The Morgan fingerprint density at radius 1 is 1.03 bits per heavy atom. The molecule has 1 aliphatic carbocycles. The van der Waals surface area contributed by atoms with Gasteiger partial charge in [-0.15, -0.1) is 0 Å². The summed E-state index contributed by atoms with van der Waals surface area (Å²) in [5.74, 6) is 0.368. The third-order valence-corrected chi connectivity index (χ3v) is 7.01. The minimum absolute atomic E-state index is 0.0181. The Labute approximate surface area is 226 Å². The number of carbonyl (C=O) groups excluding carboxylic acids is 1. The van der Waals surface area contributed by atoms with Crippen LogP contribution in [0.3, 0.4) is 0 Å². The number of ether oxygens (including phenoxy) is 3. The maximum atomic E-state index is 13.7. The monoisotopic (exact) mass is 610 g/mol. The Kier molecular flexibility index (Phi) is 9.98. The molecular weight excluding hydrogens is 575 g/mol. The highest BCUT2D eigenvalue weighted by molar-refractivity contribution is 14.1. The van der Waals surface area contributed by atoms with E-state index in [1.807, 2.05) is 36.2 Å². The highest BCUT2D eigenvalue weighted by atomic mass is 127. The summed E-state index contributed by atoms with van der Waals surface area (Å²) >= 11 is 2.15. The number of nitrogens with one attached hydrogen (secondary N) is 1. The number of halogens is 1. The van der Waals surface area contributed by atoms with Gasteiger partial charge in [-0.05, 0) is 67.5 Å². The Bertz CT molecular complexity index is 1020. The molecule has 196 valence electrons. The molecule has 1 saturated carbocycles. The van der Waals surface area contributed by atoms with Gasteiger partial charge in [0, 0.05) is 19.8 Å². The first kappa shape index (κ1) is 28.2. The minimum atomic E-state index is -0.960. The largest absolute Gasteiger partial charge is 0.493 e. The zero-order valence-electron chi connectivity index (χ0n) is 21.1. The summed E-state index contributed by atoms with van der Waals surface area (Å²) in [7, 11) is 3.57. The first-order valence-electron chi connectivity index (χ1n) is 12.0. The van der Waals surface area contributed by atoms with Gasteiger partial charge in [0.05, 0.1) is 18.2 Å². The molecule has 0 unspecified atom stereocenters. The molecule has 1 heterocycles. The van der Waals surface area contributed by atoms with Crippen LogP contribution in [0.1, 0.15) is 41.6 Å². The molecule has 9 heteroatoms. The van der Waals surface area contributed by atoms with E-state index in [-0.39, 0.29) is 11.5 Å². The molecule has 2 N–H and O–H groups in total. The summed E-state index contributed by atoms with van der Waals surface area (Å²) in [6.45, 7) is 2.01. The van der Waals surface area contributed by atoms with Crippen LogP contribution in [0.2, 0.25) is 0 Å². The number of carboxylic acid groups (broad SMARTS) is 1. The van der Waals surface area contributed by atoms with E-state index in [2.05, 4.69) is 32.8 Å². The van der Waals surface area contributed by atoms with Gasteiger partial charge in [-0.25, -0.2) is 4.79 Å². The second-order valence-corrected chi connectivity index (χ2v) is 8.98. The smallest absolute Gasteiger partial charge is 0.335 e. The van der Waals surface area contributed by atoms with Crippen LogP contribution in [-0.2, 0) is 15.1 Å². The Morgan fingerprint density at radius 3 is 2.19 bits per heavy atom. The number of para-hydroxylation sites is 2. The van der Waals surface area contributed by atoms with Gasteiger partial charge in [-0.2, -0.15) is 0 Å². The zero-order chi connectivity index (χ0) is 26.2. The number of aromatic carboxylic acids is 1. The Balaban J connectivity index is 0.00000176. The molecule has 2 aromatic carbocycles. The number of likely N-dealkylation sites (N-methyl/N-ethyl adjacent to an activating group) is 1. The van der Waals surface area contributed by atoms with Gasteiger partial charge in [0.1, 0.15) is 12.1 Å². The summed E-state index contributed by atoms with van der Waals surface area (Å²) in [5, 5.41) is 12.5. The Morgan fingerprint density at radius 2 is 1.64 bits per heavy atom. The molecule has 8 nitrogen and oxygen atoms in total. The molecule has 0 bridgehead atoms. The number of hydrogen-bond donors (Lipinski definition) is 2. The van der Waals surface area contributed by atoms with Crippen molar-refractivity contribution >= 4 is 34.5 Å². The molecule has 0 aromatic heterocycles. The van der Waals surface area contributed by atoms with Crippen molar-refractivity contribution in [3.05, 3.63) is 59.7 Å². The highest BCUT2D eigenvalue weighted by Crippen LogP contribution is 2.46. The fourth-order valence-electron chi connectivity index (χ4n) is 4.61. The average Bonchev–Trinajstić information content (AvgIpc) is 3.71. The number of rotatable bonds is 10. The molecule has 2 aromatic rings. The lowest BCUT2D eigenvalue weighted by molar-refractivity contribution is -0.140. The highest BCUT2D eigenvalue weighted by Gasteiger charge is 2.51. The number of alkyl halides is 1. The number of benzene rings is 2. The first-order valence-corrected chi connectivity index (χ1v) is 14.1. The Hall–Kier alpha value is -2.37. The SMILES string of the molecule is CI.COc1ccccc1OCCN(C)C1(C(=O)NC2(c3ccc(C(=O)O)cc3)CC2)CCOCC1. The minimum Gasteiger partial charge on any atom is -0.493 e. The second-order valence-electron chi connectivity index (χ2n) is 8.98. The van der Waals surface area contributed by atoms with Crippen molar-refractivity contribution in [3.63, 3.8) is 0 Å². The predicted octanol–water partition coefficient (Wildman–Crippen LogP) is 4.11. The number of nitrogens with zero attached hydrogens (tertiary/aromatic N) is 1. The van der Waals surface area contributed by atoms with Crippen LogP contribution in [0.5, 0.6) is 11.5 Å². The van der Waals surface area contributed by atoms with Crippen LogP contribution in [0.15, 0.2) is 48.5 Å². The van der Waals surface area contributed by atoms with E-state index < -0.39 is 17.0 Å². The molecule has 36 heavy (non-hydrogen) atoms. The van der Waals surface area contributed by atoms with Gasteiger partial charge in [-0.3, -0.25) is 9.69 Å².